The lowest BCUT2D eigenvalue weighted by Crippen LogP contribution is -2.24. The van der Waals surface area contributed by atoms with Gasteiger partial charge in [0.2, 0.25) is 5.96 Å². The fraction of sp³-hybridized carbons (Fsp3) is 0.333. The molecule has 9 heteroatoms. The maximum atomic E-state index is 8.36. The van der Waals surface area contributed by atoms with Crippen molar-refractivity contribution in [1.82, 2.24) is 9.89 Å². The van der Waals surface area contributed by atoms with Crippen molar-refractivity contribution in [2.75, 3.05) is 0 Å². The van der Waals surface area contributed by atoms with Crippen LogP contribution in [-0.2, 0) is 0 Å². The Balaban J connectivity index is 0.000000423. The molecule has 1 aromatic rings. The molecule has 0 unspecified atom stereocenters. The Morgan fingerprint density at radius 3 is 2.40 bits per heavy atom. The molecular weight excluding hydrogens is 204 g/mol. The molecule has 0 saturated heterocycles. The van der Waals surface area contributed by atoms with Gasteiger partial charge in [-0.25, -0.2) is 0 Å². The standard InChI is InChI=1S/C6H11N5.HNO3/c1-4-3-11(9-5(4)2)10-6(7)8;2-1(3)4/h3H,1-2H3,(H4,7,8,10);(H,2,3,4). The predicted molar refractivity (Wildman–Crippen MR) is 51.7 cm³/mol. The molecule has 15 heavy (non-hydrogen) atoms. The minimum absolute atomic E-state index is 0.00694. The molecule has 84 valence electrons. The third-order valence-corrected chi connectivity index (χ3v) is 1.35. The number of hydrogen-bond donors (Lipinski definition) is 3. The van der Waals surface area contributed by atoms with E-state index in [0.717, 1.165) is 11.3 Å². The van der Waals surface area contributed by atoms with Crippen LogP contribution in [0, 0.1) is 24.0 Å². The summed E-state index contributed by atoms with van der Waals surface area (Å²) in [7, 11) is 0. The first kappa shape index (κ1) is 12.7. The van der Waals surface area contributed by atoms with Crippen molar-refractivity contribution in [3.8, 4) is 0 Å². The third kappa shape index (κ3) is 5.85. The average molecular weight is 216 g/mol. The quantitative estimate of drug-likeness (QED) is 0.242. The summed E-state index contributed by atoms with van der Waals surface area (Å²) in [4.78, 5) is 9.72. The van der Waals surface area contributed by atoms with Crippen molar-refractivity contribution in [3.05, 3.63) is 27.6 Å². The van der Waals surface area contributed by atoms with E-state index in [-0.39, 0.29) is 5.96 Å². The molecule has 0 aliphatic rings. The van der Waals surface area contributed by atoms with Gasteiger partial charge in [0, 0.05) is 0 Å². The molecule has 0 atom stereocenters. The van der Waals surface area contributed by atoms with Crippen molar-refractivity contribution in [3.63, 3.8) is 0 Å². The van der Waals surface area contributed by atoms with Crippen LogP contribution >= 0.6 is 0 Å². The second kappa shape index (κ2) is 5.42. The van der Waals surface area contributed by atoms with Gasteiger partial charge in [-0.1, -0.05) is 0 Å². The Morgan fingerprint density at radius 2 is 2.13 bits per heavy atom. The van der Waals surface area contributed by atoms with Crippen LogP contribution < -0.4 is 11.5 Å². The number of hydrogen-bond acceptors (Lipinski definition) is 4. The van der Waals surface area contributed by atoms with E-state index in [4.69, 9.17) is 26.8 Å². The highest BCUT2D eigenvalue weighted by atomic mass is 16.9. The molecule has 0 saturated carbocycles. The molecule has 0 fully saturated rings. The Labute approximate surface area is 85.1 Å². The highest BCUT2D eigenvalue weighted by molar-refractivity contribution is 5.75. The van der Waals surface area contributed by atoms with Crippen LogP contribution in [0.1, 0.15) is 11.3 Å². The minimum Gasteiger partial charge on any atom is -0.369 e. The first-order chi connectivity index (χ1) is 6.82. The maximum absolute atomic E-state index is 8.36. The normalized spacial score (nSPS) is 8.67. The molecule has 0 bridgehead atoms. The zero-order chi connectivity index (χ0) is 12.0. The lowest BCUT2D eigenvalue weighted by Gasteiger charge is -1.89. The van der Waals surface area contributed by atoms with Crippen LogP contribution in [0.3, 0.4) is 0 Å². The fourth-order valence-corrected chi connectivity index (χ4v) is 0.698. The number of aryl methyl sites for hydroxylation is 2. The van der Waals surface area contributed by atoms with Crippen LogP contribution in [0.5, 0.6) is 0 Å². The van der Waals surface area contributed by atoms with Crippen molar-refractivity contribution in [2.24, 2.45) is 16.6 Å². The van der Waals surface area contributed by atoms with Crippen molar-refractivity contribution in [2.45, 2.75) is 13.8 Å². The zero-order valence-electron chi connectivity index (χ0n) is 8.28. The number of aromatic nitrogens is 2. The van der Waals surface area contributed by atoms with Crippen LogP contribution in [0.15, 0.2) is 11.3 Å². The molecule has 0 spiro atoms. The summed E-state index contributed by atoms with van der Waals surface area (Å²) in [5.41, 5.74) is 12.3. The average Bonchev–Trinajstić information content (AvgIpc) is 2.27. The summed E-state index contributed by atoms with van der Waals surface area (Å²) >= 11 is 0. The van der Waals surface area contributed by atoms with E-state index in [1.165, 1.54) is 4.79 Å². The summed E-state index contributed by atoms with van der Waals surface area (Å²) < 4.78 is 0. The zero-order valence-corrected chi connectivity index (χ0v) is 8.28. The van der Waals surface area contributed by atoms with Gasteiger partial charge in [0.1, 0.15) is 0 Å². The monoisotopic (exact) mass is 216 g/mol. The van der Waals surface area contributed by atoms with Gasteiger partial charge in [0.15, 0.2) is 0 Å². The van der Waals surface area contributed by atoms with E-state index in [1.54, 1.807) is 6.20 Å². The summed E-state index contributed by atoms with van der Waals surface area (Å²) in [6.45, 7) is 3.84. The predicted octanol–water partition coefficient (Wildman–Crippen LogP) is -0.811. The molecule has 0 amide bonds. The number of nitrogens with two attached hydrogens (primary N) is 2. The van der Waals surface area contributed by atoms with Crippen LogP contribution in [0.25, 0.3) is 0 Å². The van der Waals surface area contributed by atoms with Gasteiger partial charge >= 0.3 is 0 Å². The largest absolute Gasteiger partial charge is 0.369 e. The van der Waals surface area contributed by atoms with E-state index >= 15 is 0 Å². The first-order valence-electron chi connectivity index (χ1n) is 3.79. The molecule has 0 aromatic carbocycles. The Kier molecular flexibility index (Phi) is 4.58. The van der Waals surface area contributed by atoms with Crippen molar-refractivity contribution < 1.29 is 10.3 Å². The van der Waals surface area contributed by atoms with Crippen molar-refractivity contribution in [1.29, 1.82) is 0 Å². The molecule has 1 aromatic heterocycles. The second-order valence-electron chi connectivity index (χ2n) is 2.58. The van der Waals surface area contributed by atoms with E-state index in [1.807, 2.05) is 13.8 Å². The Hall–Kier alpha value is -2.32. The van der Waals surface area contributed by atoms with Gasteiger partial charge in [0.05, 0.1) is 11.9 Å². The fourth-order valence-electron chi connectivity index (χ4n) is 0.698. The maximum Gasteiger partial charge on any atom is 0.291 e. The van der Waals surface area contributed by atoms with Crippen LogP contribution in [-0.4, -0.2) is 26.1 Å². The Morgan fingerprint density at radius 1 is 1.67 bits per heavy atom. The lowest BCUT2D eigenvalue weighted by atomic mass is 10.3. The summed E-state index contributed by atoms with van der Waals surface area (Å²) in [5, 5.41) is 21.4. The second-order valence-corrected chi connectivity index (χ2v) is 2.58. The highest BCUT2D eigenvalue weighted by Gasteiger charge is 1.97. The molecule has 5 N–H and O–H groups in total. The minimum atomic E-state index is -1.50. The summed E-state index contributed by atoms with van der Waals surface area (Å²) in [6, 6.07) is 0. The molecular formula is C6H12N6O3. The smallest absolute Gasteiger partial charge is 0.291 e. The van der Waals surface area contributed by atoms with E-state index in [9.17, 15) is 0 Å². The van der Waals surface area contributed by atoms with Crippen LogP contribution in [0.4, 0.5) is 0 Å². The molecule has 0 radical (unpaired) electrons. The summed E-state index contributed by atoms with van der Waals surface area (Å²) in [5.74, 6) is 0.00694. The number of rotatable bonds is 1. The number of nitrogens with zero attached hydrogens (tertiary/aromatic N) is 4. The number of guanidine groups is 1. The van der Waals surface area contributed by atoms with Crippen LogP contribution in [0.2, 0.25) is 0 Å². The van der Waals surface area contributed by atoms with Gasteiger partial charge in [-0.2, -0.15) is 9.89 Å². The first-order valence-corrected chi connectivity index (χ1v) is 3.79. The van der Waals surface area contributed by atoms with E-state index in [2.05, 4.69) is 10.2 Å². The SMILES string of the molecule is Cc1cn(N=C(N)N)nc1C.O=[N+]([O-])O. The lowest BCUT2D eigenvalue weighted by molar-refractivity contribution is -0.742. The van der Waals surface area contributed by atoms with Gasteiger partial charge in [0.25, 0.3) is 5.09 Å². The van der Waals surface area contributed by atoms with E-state index in [0.29, 0.717) is 0 Å². The molecule has 1 heterocycles. The molecule has 1 rings (SSSR count). The molecule has 0 aliphatic carbocycles. The third-order valence-electron chi connectivity index (χ3n) is 1.35. The molecule has 0 aliphatic heterocycles. The Bertz CT molecular complexity index is 343. The molecule has 9 nitrogen and oxygen atoms in total. The van der Waals surface area contributed by atoms with E-state index < -0.39 is 5.09 Å². The topological polar surface area (TPSA) is 146 Å². The van der Waals surface area contributed by atoms with Gasteiger partial charge < -0.3 is 16.7 Å². The van der Waals surface area contributed by atoms with Gasteiger partial charge in [-0.05, 0) is 19.4 Å². The van der Waals surface area contributed by atoms with Crippen molar-refractivity contribution >= 4 is 5.96 Å². The highest BCUT2D eigenvalue weighted by Crippen LogP contribution is 2.01. The summed E-state index contributed by atoms with van der Waals surface area (Å²) in [6.07, 6.45) is 1.76. The van der Waals surface area contributed by atoms with Gasteiger partial charge in [-0.15, -0.1) is 15.2 Å². The van der Waals surface area contributed by atoms with Gasteiger partial charge in [-0.3, -0.25) is 0 Å².